The summed E-state index contributed by atoms with van der Waals surface area (Å²) < 4.78 is 0. The summed E-state index contributed by atoms with van der Waals surface area (Å²) in [6.45, 7) is 6.34. The van der Waals surface area contributed by atoms with E-state index in [2.05, 4.69) is 18.8 Å². The Labute approximate surface area is 116 Å². The fourth-order valence-corrected chi connectivity index (χ4v) is 2.24. The Morgan fingerprint density at radius 1 is 1.17 bits per heavy atom. The topological polar surface area (TPSA) is 58.9 Å². The summed E-state index contributed by atoms with van der Waals surface area (Å²) in [5.41, 5.74) is 9.54. The summed E-state index contributed by atoms with van der Waals surface area (Å²) in [4.78, 5) is 14.9. The molecule has 18 heavy (non-hydrogen) atoms. The van der Waals surface area contributed by atoms with E-state index in [9.17, 15) is 4.79 Å². The first-order valence-corrected chi connectivity index (χ1v) is 6.61. The van der Waals surface area contributed by atoms with E-state index in [1.165, 1.54) is 0 Å². The molecule has 0 saturated heterocycles. The van der Waals surface area contributed by atoms with Crippen molar-refractivity contribution in [2.45, 2.75) is 59.3 Å². The van der Waals surface area contributed by atoms with Gasteiger partial charge in [-0.1, -0.05) is 26.7 Å². The molecular weight excluding hydrogens is 248 g/mol. The molecule has 1 heterocycles. The van der Waals surface area contributed by atoms with Gasteiger partial charge in [-0.3, -0.25) is 4.79 Å². The van der Waals surface area contributed by atoms with Crippen molar-refractivity contribution < 1.29 is 4.79 Å². The second-order valence-corrected chi connectivity index (χ2v) is 4.65. The lowest BCUT2D eigenvalue weighted by Gasteiger charge is -2.03. The highest BCUT2D eigenvalue weighted by molar-refractivity contribution is 5.96. The molecule has 0 aliphatic rings. The van der Waals surface area contributed by atoms with Crippen molar-refractivity contribution in [1.29, 1.82) is 0 Å². The average Bonchev–Trinajstić information content (AvgIpc) is 2.60. The summed E-state index contributed by atoms with van der Waals surface area (Å²) in [5, 5.41) is 0. The Bertz CT molecular complexity index is 385. The van der Waals surface area contributed by atoms with Crippen LogP contribution in [-0.4, -0.2) is 10.9 Å². The maximum atomic E-state index is 11.6. The van der Waals surface area contributed by atoms with Gasteiger partial charge in [0.25, 0.3) is 5.91 Å². The van der Waals surface area contributed by atoms with Gasteiger partial charge in [0.15, 0.2) is 0 Å². The van der Waals surface area contributed by atoms with Gasteiger partial charge < -0.3 is 10.7 Å². The molecule has 0 fully saturated rings. The standard InChI is InChI=1S/C14H24N2O.ClH/c1-4-6-8-11-10(3)16-12(9-7-5-2)13(11)14(15)17;/h16H,4-9H2,1-3H3,(H2,15,17);1H. The zero-order chi connectivity index (χ0) is 12.8. The fraction of sp³-hybridized carbons (Fsp3) is 0.643. The summed E-state index contributed by atoms with van der Waals surface area (Å²) in [5.74, 6) is -0.286. The quantitative estimate of drug-likeness (QED) is 0.784. The second-order valence-electron chi connectivity index (χ2n) is 4.65. The van der Waals surface area contributed by atoms with E-state index in [4.69, 9.17) is 5.73 Å². The first-order valence-electron chi connectivity index (χ1n) is 6.61. The molecule has 1 aromatic heterocycles. The van der Waals surface area contributed by atoms with Crippen LogP contribution < -0.4 is 5.73 Å². The molecule has 0 atom stereocenters. The molecule has 0 spiro atoms. The third-order valence-electron chi connectivity index (χ3n) is 3.20. The fourth-order valence-electron chi connectivity index (χ4n) is 2.24. The van der Waals surface area contributed by atoms with E-state index in [0.29, 0.717) is 0 Å². The largest absolute Gasteiger partial charge is 0.366 e. The Morgan fingerprint density at radius 3 is 2.22 bits per heavy atom. The van der Waals surface area contributed by atoms with Crippen LogP contribution in [0.4, 0.5) is 0 Å². The van der Waals surface area contributed by atoms with Crippen LogP contribution in [-0.2, 0) is 12.8 Å². The molecular formula is C14H25ClN2O. The number of H-pyrrole nitrogens is 1. The average molecular weight is 273 g/mol. The van der Waals surface area contributed by atoms with Crippen molar-refractivity contribution in [3.8, 4) is 0 Å². The van der Waals surface area contributed by atoms with Crippen LogP contribution in [0.5, 0.6) is 0 Å². The highest BCUT2D eigenvalue weighted by Crippen LogP contribution is 2.22. The molecule has 104 valence electrons. The van der Waals surface area contributed by atoms with Gasteiger partial charge in [0.05, 0.1) is 5.56 Å². The molecule has 1 aromatic rings. The van der Waals surface area contributed by atoms with E-state index < -0.39 is 0 Å². The molecule has 3 nitrogen and oxygen atoms in total. The molecule has 3 N–H and O–H groups in total. The minimum atomic E-state index is -0.286. The summed E-state index contributed by atoms with van der Waals surface area (Å²) in [6.07, 6.45) is 6.32. The number of hydrogen-bond donors (Lipinski definition) is 2. The maximum Gasteiger partial charge on any atom is 0.250 e. The van der Waals surface area contributed by atoms with E-state index in [1.807, 2.05) is 6.92 Å². The smallest absolute Gasteiger partial charge is 0.250 e. The van der Waals surface area contributed by atoms with Gasteiger partial charge in [0.1, 0.15) is 0 Å². The van der Waals surface area contributed by atoms with E-state index >= 15 is 0 Å². The van der Waals surface area contributed by atoms with Crippen LogP contribution >= 0.6 is 12.4 Å². The number of unbranched alkanes of at least 4 members (excludes halogenated alkanes) is 2. The monoisotopic (exact) mass is 272 g/mol. The number of carbonyl (C=O) groups excluding carboxylic acids is 1. The van der Waals surface area contributed by atoms with Crippen LogP contribution in [0.3, 0.4) is 0 Å². The number of halogens is 1. The van der Waals surface area contributed by atoms with Crippen LogP contribution in [0.1, 0.15) is 66.8 Å². The van der Waals surface area contributed by atoms with Gasteiger partial charge >= 0.3 is 0 Å². The molecule has 0 unspecified atom stereocenters. The number of hydrogen-bond acceptors (Lipinski definition) is 1. The molecule has 0 saturated carbocycles. The molecule has 1 amide bonds. The number of rotatable bonds is 7. The van der Waals surface area contributed by atoms with Gasteiger partial charge in [0.2, 0.25) is 0 Å². The molecule has 4 heteroatoms. The summed E-state index contributed by atoms with van der Waals surface area (Å²) in [7, 11) is 0. The highest BCUT2D eigenvalue weighted by Gasteiger charge is 2.18. The first kappa shape index (κ1) is 17.0. The predicted octanol–water partition coefficient (Wildman–Crippen LogP) is 3.53. The van der Waals surface area contributed by atoms with E-state index in [0.717, 1.165) is 61.0 Å². The van der Waals surface area contributed by atoms with Gasteiger partial charge in [-0.25, -0.2) is 0 Å². The van der Waals surface area contributed by atoms with Crippen molar-refractivity contribution in [2.75, 3.05) is 0 Å². The van der Waals surface area contributed by atoms with Gasteiger partial charge in [-0.15, -0.1) is 12.4 Å². The minimum absolute atomic E-state index is 0. The number of aromatic amines is 1. The third-order valence-corrected chi connectivity index (χ3v) is 3.20. The number of amides is 1. The normalized spacial score (nSPS) is 10.2. The van der Waals surface area contributed by atoms with Crippen molar-refractivity contribution in [1.82, 2.24) is 4.98 Å². The van der Waals surface area contributed by atoms with Crippen LogP contribution in [0.25, 0.3) is 0 Å². The highest BCUT2D eigenvalue weighted by atomic mass is 35.5. The molecule has 0 aliphatic carbocycles. The Kier molecular flexibility index (Phi) is 7.76. The zero-order valence-electron chi connectivity index (χ0n) is 11.6. The SMILES string of the molecule is CCCCc1[nH]c(C)c(CCCC)c1C(N)=O.Cl. The number of primary amides is 1. The first-order chi connectivity index (χ1) is 8.11. The van der Waals surface area contributed by atoms with Crippen molar-refractivity contribution in [3.63, 3.8) is 0 Å². The van der Waals surface area contributed by atoms with Crippen LogP contribution in [0, 0.1) is 6.92 Å². The van der Waals surface area contributed by atoms with Crippen LogP contribution in [0.15, 0.2) is 0 Å². The lowest BCUT2D eigenvalue weighted by molar-refractivity contribution is 0.0998. The van der Waals surface area contributed by atoms with E-state index in [-0.39, 0.29) is 18.3 Å². The van der Waals surface area contributed by atoms with Crippen LogP contribution in [0.2, 0.25) is 0 Å². The van der Waals surface area contributed by atoms with Crippen molar-refractivity contribution in [2.24, 2.45) is 5.73 Å². The van der Waals surface area contributed by atoms with Gasteiger partial charge in [-0.2, -0.15) is 0 Å². The van der Waals surface area contributed by atoms with Crippen molar-refractivity contribution >= 4 is 18.3 Å². The van der Waals surface area contributed by atoms with E-state index in [1.54, 1.807) is 0 Å². The predicted molar refractivity (Wildman–Crippen MR) is 78.5 cm³/mol. The summed E-state index contributed by atoms with van der Waals surface area (Å²) >= 11 is 0. The maximum absolute atomic E-state index is 11.6. The number of aryl methyl sites for hydroxylation is 2. The lowest BCUT2D eigenvalue weighted by atomic mass is 10.0. The number of nitrogens with one attached hydrogen (secondary N) is 1. The number of carbonyl (C=O) groups is 1. The molecule has 1 rings (SSSR count). The Hall–Kier alpha value is -0.960. The number of aromatic nitrogens is 1. The lowest BCUT2D eigenvalue weighted by Crippen LogP contribution is -2.15. The van der Waals surface area contributed by atoms with Gasteiger partial charge in [0, 0.05) is 11.4 Å². The van der Waals surface area contributed by atoms with Gasteiger partial charge in [-0.05, 0) is 38.2 Å². The molecule has 0 bridgehead atoms. The van der Waals surface area contributed by atoms with Crippen molar-refractivity contribution in [3.05, 3.63) is 22.5 Å². The number of nitrogens with two attached hydrogens (primary N) is 1. The molecule has 0 aromatic carbocycles. The Balaban J connectivity index is 0.00000289. The zero-order valence-corrected chi connectivity index (χ0v) is 12.5. The second kappa shape index (κ2) is 8.20. The minimum Gasteiger partial charge on any atom is -0.366 e. The Morgan fingerprint density at radius 2 is 1.72 bits per heavy atom. The molecule has 0 radical (unpaired) electrons. The molecule has 0 aliphatic heterocycles. The summed E-state index contributed by atoms with van der Waals surface area (Å²) in [6, 6.07) is 0. The third kappa shape index (κ3) is 4.05.